The molecule has 0 spiro atoms. The maximum absolute atomic E-state index is 5.00. The monoisotopic (exact) mass is 158 g/mol. The first kappa shape index (κ1) is 7.57. The van der Waals surface area contributed by atoms with Crippen LogP contribution in [0.5, 0.6) is 5.06 Å². The lowest BCUT2D eigenvalue weighted by Gasteiger charge is -1.91. The molecule has 0 aliphatic carbocycles. The summed E-state index contributed by atoms with van der Waals surface area (Å²) in [6, 6.07) is 3.95. The lowest BCUT2D eigenvalue weighted by Crippen LogP contribution is -1.79. The molecule has 0 bridgehead atoms. The fourth-order valence-corrected chi connectivity index (χ4v) is 1.48. The zero-order chi connectivity index (χ0) is 7.40. The lowest BCUT2D eigenvalue weighted by atomic mass is 10.5. The number of hydrogen-bond donors (Lipinski definition) is 0. The van der Waals surface area contributed by atoms with Crippen molar-refractivity contribution >= 4 is 11.3 Å². The molecule has 0 aliphatic heterocycles. The minimum absolute atomic E-state index is 0.675. The van der Waals surface area contributed by atoms with Gasteiger partial charge in [0.1, 0.15) is 0 Å². The van der Waals surface area contributed by atoms with Gasteiger partial charge in [-0.15, -0.1) is 11.3 Å². The van der Waals surface area contributed by atoms with Crippen molar-refractivity contribution in [3.8, 4) is 5.06 Å². The first-order valence-electron chi connectivity index (χ1n) is 2.98. The van der Waals surface area contributed by atoms with Crippen LogP contribution in [-0.4, -0.2) is 14.2 Å². The highest BCUT2D eigenvalue weighted by Crippen LogP contribution is 2.23. The molecule has 56 valence electrons. The molecule has 0 saturated heterocycles. The smallest absolute Gasteiger partial charge is 0.173 e. The molecular formula is C7H10O2S. The maximum atomic E-state index is 5.00. The van der Waals surface area contributed by atoms with E-state index in [1.165, 1.54) is 4.88 Å². The Hall–Kier alpha value is -0.540. The zero-order valence-electron chi connectivity index (χ0n) is 6.09. The Labute approximate surface area is 64.4 Å². The minimum atomic E-state index is 0.675. The normalized spacial score (nSPS) is 9.80. The summed E-state index contributed by atoms with van der Waals surface area (Å²) in [6.45, 7) is 0.675. The second-order valence-corrected chi connectivity index (χ2v) is 2.99. The number of rotatable bonds is 3. The summed E-state index contributed by atoms with van der Waals surface area (Å²) in [5, 5.41) is 0.937. The van der Waals surface area contributed by atoms with Crippen LogP contribution in [0.25, 0.3) is 0 Å². The Kier molecular flexibility index (Phi) is 2.71. The first-order chi connectivity index (χ1) is 4.86. The average molecular weight is 158 g/mol. The predicted molar refractivity (Wildman–Crippen MR) is 41.6 cm³/mol. The van der Waals surface area contributed by atoms with Crippen molar-refractivity contribution in [2.45, 2.75) is 6.61 Å². The Morgan fingerprint density at radius 1 is 1.40 bits per heavy atom. The van der Waals surface area contributed by atoms with Crippen LogP contribution < -0.4 is 4.74 Å². The van der Waals surface area contributed by atoms with Gasteiger partial charge < -0.3 is 9.47 Å². The average Bonchev–Trinajstić information content (AvgIpc) is 2.37. The quantitative estimate of drug-likeness (QED) is 0.669. The number of thiophene rings is 1. The van der Waals surface area contributed by atoms with E-state index < -0.39 is 0 Å². The van der Waals surface area contributed by atoms with Crippen molar-refractivity contribution in [3.63, 3.8) is 0 Å². The van der Waals surface area contributed by atoms with Crippen molar-refractivity contribution in [1.82, 2.24) is 0 Å². The molecule has 1 aromatic rings. The highest BCUT2D eigenvalue weighted by molar-refractivity contribution is 7.13. The number of methoxy groups -OCH3 is 2. The van der Waals surface area contributed by atoms with E-state index in [4.69, 9.17) is 9.47 Å². The predicted octanol–water partition coefficient (Wildman–Crippen LogP) is 1.90. The molecule has 3 heteroatoms. The van der Waals surface area contributed by atoms with Crippen molar-refractivity contribution in [2.24, 2.45) is 0 Å². The molecule has 1 aromatic heterocycles. The fourth-order valence-electron chi connectivity index (χ4n) is 0.688. The third-order valence-electron chi connectivity index (χ3n) is 1.12. The van der Waals surface area contributed by atoms with Crippen LogP contribution in [-0.2, 0) is 11.3 Å². The van der Waals surface area contributed by atoms with Crippen LogP contribution in [0, 0.1) is 0 Å². The molecule has 0 amide bonds. The van der Waals surface area contributed by atoms with Gasteiger partial charge in [0.25, 0.3) is 0 Å². The molecule has 0 aromatic carbocycles. The minimum Gasteiger partial charge on any atom is -0.487 e. The van der Waals surface area contributed by atoms with Gasteiger partial charge >= 0.3 is 0 Å². The van der Waals surface area contributed by atoms with Crippen molar-refractivity contribution < 1.29 is 9.47 Å². The molecule has 0 unspecified atom stereocenters. The highest BCUT2D eigenvalue weighted by atomic mass is 32.1. The van der Waals surface area contributed by atoms with E-state index in [1.807, 2.05) is 12.1 Å². The van der Waals surface area contributed by atoms with Crippen molar-refractivity contribution in [2.75, 3.05) is 14.2 Å². The molecule has 0 radical (unpaired) electrons. The highest BCUT2D eigenvalue weighted by Gasteiger charge is 1.97. The molecule has 2 nitrogen and oxygen atoms in total. The van der Waals surface area contributed by atoms with Gasteiger partial charge in [-0.25, -0.2) is 0 Å². The molecule has 0 atom stereocenters. The molecule has 0 saturated carbocycles. The maximum Gasteiger partial charge on any atom is 0.173 e. The topological polar surface area (TPSA) is 18.5 Å². The van der Waals surface area contributed by atoms with Crippen LogP contribution in [0.2, 0.25) is 0 Å². The first-order valence-corrected chi connectivity index (χ1v) is 3.80. The Bertz CT molecular complexity index is 195. The van der Waals surface area contributed by atoms with Gasteiger partial charge in [-0.05, 0) is 12.1 Å². The van der Waals surface area contributed by atoms with Gasteiger partial charge in [-0.2, -0.15) is 0 Å². The van der Waals surface area contributed by atoms with E-state index in [0.717, 1.165) is 5.06 Å². The van der Waals surface area contributed by atoms with E-state index >= 15 is 0 Å². The second kappa shape index (κ2) is 3.58. The van der Waals surface area contributed by atoms with Crippen molar-refractivity contribution in [3.05, 3.63) is 17.0 Å². The van der Waals surface area contributed by atoms with Gasteiger partial charge in [0.15, 0.2) is 5.06 Å². The summed E-state index contributed by atoms with van der Waals surface area (Å²) < 4.78 is 9.94. The summed E-state index contributed by atoms with van der Waals surface area (Å²) in [6.07, 6.45) is 0. The Morgan fingerprint density at radius 2 is 2.20 bits per heavy atom. The van der Waals surface area contributed by atoms with E-state index in [2.05, 4.69) is 0 Å². The standard InChI is InChI=1S/C7H10O2S/c1-8-5-6-3-4-7(9-2)10-6/h3-4H,5H2,1-2H3. The number of hydrogen-bond acceptors (Lipinski definition) is 3. The Balaban J connectivity index is 2.59. The van der Waals surface area contributed by atoms with E-state index in [1.54, 1.807) is 25.6 Å². The van der Waals surface area contributed by atoms with Gasteiger partial charge in [-0.1, -0.05) is 0 Å². The third-order valence-corrected chi connectivity index (χ3v) is 2.14. The van der Waals surface area contributed by atoms with E-state index in [9.17, 15) is 0 Å². The molecule has 0 aliphatic rings. The van der Waals surface area contributed by atoms with Crippen LogP contribution in [0.1, 0.15) is 4.88 Å². The van der Waals surface area contributed by atoms with E-state index in [0.29, 0.717) is 6.61 Å². The van der Waals surface area contributed by atoms with Crippen LogP contribution >= 0.6 is 11.3 Å². The molecule has 10 heavy (non-hydrogen) atoms. The number of ether oxygens (including phenoxy) is 2. The van der Waals surface area contributed by atoms with Crippen LogP contribution in [0.3, 0.4) is 0 Å². The van der Waals surface area contributed by atoms with Crippen LogP contribution in [0.4, 0.5) is 0 Å². The molecule has 0 N–H and O–H groups in total. The summed E-state index contributed by atoms with van der Waals surface area (Å²) in [5.74, 6) is 0. The Morgan fingerprint density at radius 3 is 2.70 bits per heavy atom. The van der Waals surface area contributed by atoms with Crippen molar-refractivity contribution in [1.29, 1.82) is 0 Å². The summed E-state index contributed by atoms with van der Waals surface area (Å²) in [7, 11) is 3.36. The lowest BCUT2D eigenvalue weighted by molar-refractivity contribution is 0.187. The molecule has 1 heterocycles. The molecular weight excluding hydrogens is 148 g/mol. The van der Waals surface area contributed by atoms with Gasteiger partial charge in [0.2, 0.25) is 0 Å². The largest absolute Gasteiger partial charge is 0.487 e. The van der Waals surface area contributed by atoms with Gasteiger partial charge in [0.05, 0.1) is 13.7 Å². The molecule has 0 fully saturated rings. The summed E-state index contributed by atoms with van der Waals surface area (Å²) in [5.41, 5.74) is 0. The second-order valence-electron chi connectivity index (χ2n) is 1.86. The summed E-state index contributed by atoms with van der Waals surface area (Å²) >= 11 is 1.61. The van der Waals surface area contributed by atoms with Crippen LogP contribution in [0.15, 0.2) is 12.1 Å². The van der Waals surface area contributed by atoms with Gasteiger partial charge in [0, 0.05) is 12.0 Å². The fraction of sp³-hybridized carbons (Fsp3) is 0.429. The summed E-state index contributed by atoms with van der Waals surface area (Å²) in [4.78, 5) is 1.19. The SMILES string of the molecule is COCc1ccc(OC)s1. The zero-order valence-corrected chi connectivity index (χ0v) is 6.90. The van der Waals surface area contributed by atoms with Gasteiger partial charge in [-0.3, -0.25) is 0 Å². The van der Waals surface area contributed by atoms with E-state index in [-0.39, 0.29) is 0 Å². The molecule has 1 rings (SSSR count). The third kappa shape index (κ3) is 1.72.